The number of carbonyl (C=O) groups is 1. The van der Waals surface area contributed by atoms with Crippen molar-refractivity contribution in [1.29, 1.82) is 0 Å². The number of hydrogen-bond donors (Lipinski definition) is 0. The lowest BCUT2D eigenvalue weighted by Gasteiger charge is -2.34. The van der Waals surface area contributed by atoms with Gasteiger partial charge in [0.1, 0.15) is 0 Å². The summed E-state index contributed by atoms with van der Waals surface area (Å²) >= 11 is 0. The van der Waals surface area contributed by atoms with E-state index in [4.69, 9.17) is 0 Å². The molecule has 2 atom stereocenters. The third-order valence-electron chi connectivity index (χ3n) is 2.52. The van der Waals surface area contributed by atoms with Crippen LogP contribution in [0.5, 0.6) is 0 Å². The minimum atomic E-state index is -0.0666. The van der Waals surface area contributed by atoms with E-state index in [9.17, 15) is 4.79 Å². The minimum absolute atomic E-state index is 0.0666. The Bertz CT molecular complexity index is 194. The summed E-state index contributed by atoms with van der Waals surface area (Å²) in [5.74, 6) is 0.446. The average molecular weight is 154 g/mol. The van der Waals surface area contributed by atoms with E-state index < -0.39 is 0 Å². The van der Waals surface area contributed by atoms with Crippen LogP contribution in [0.1, 0.15) is 20.3 Å². The molecule has 0 saturated heterocycles. The van der Waals surface area contributed by atoms with E-state index in [1.807, 2.05) is 6.92 Å². The van der Waals surface area contributed by atoms with E-state index >= 15 is 0 Å². The topological polar surface area (TPSA) is 26.3 Å². The molecule has 0 aromatic heterocycles. The molecule has 0 aromatic carbocycles. The highest BCUT2D eigenvalue weighted by Gasteiger charge is 2.37. The Morgan fingerprint density at radius 3 is 2.73 bits per heavy atom. The van der Waals surface area contributed by atoms with Crippen LogP contribution in [0.2, 0.25) is 0 Å². The summed E-state index contributed by atoms with van der Waals surface area (Å²) in [7, 11) is 1.45. The number of rotatable bonds is 1. The maximum Gasteiger partial charge on any atom is 0.309 e. The first kappa shape index (κ1) is 8.31. The summed E-state index contributed by atoms with van der Waals surface area (Å²) in [6, 6.07) is 0. The molecule has 0 heterocycles. The molecule has 0 aromatic rings. The van der Waals surface area contributed by atoms with Crippen LogP contribution in [0.25, 0.3) is 0 Å². The first-order valence-corrected chi connectivity index (χ1v) is 3.93. The van der Waals surface area contributed by atoms with Crippen LogP contribution in [0.3, 0.4) is 0 Å². The lowest BCUT2D eigenvalue weighted by Crippen LogP contribution is -2.34. The molecule has 0 unspecified atom stereocenters. The van der Waals surface area contributed by atoms with Crippen molar-refractivity contribution in [2.75, 3.05) is 7.11 Å². The van der Waals surface area contributed by atoms with Gasteiger partial charge in [-0.3, -0.25) is 4.79 Å². The van der Waals surface area contributed by atoms with E-state index in [1.165, 1.54) is 12.7 Å². The molecule has 0 bridgehead atoms. The van der Waals surface area contributed by atoms with Crippen LogP contribution >= 0.6 is 0 Å². The Labute approximate surface area is 67.2 Å². The van der Waals surface area contributed by atoms with E-state index in [1.54, 1.807) is 0 Å². The van der Waals surface area contributed by atoms with E-state index in [0.717, 1.165) is 6.42 Å². The van der Waals surface area contributed by atoms with Crippen molar-refractivity contribution in [3.63, 3.8) is 0 Å². The van der Waals surface area contributed by atoms with Gasteiger partial charge in [-0.15, -0.1) is 0 Å². The van der Waals surface area contributed by atoms with Gasteiger partial charge in [0.05, 0.1) is 13.0 Å². The fraction of sp³-hybridized carbons (Fsp3) is 0.667. The third-order valence-corrected chi connectivity index (χ3v) is 2.52. The molecule has 1 aliphatic carbocycles. The first-order chi connectivity index (χ1) is 5.20. The number of hydrogen-bond acceptors (Lipinski definition) is 2. The quantitative estimate of drug-likeness (QED) is 0.425. The summed E-state index contributed by atoms with van der Waals surface area (Å²) in [5, 5.41) is 0. The Kier molecular flexibility index (Phi) is 2.32. The predicted molar refractivity (Wildman–Crippen MR) is 43.0 cm³/mol. The summed E-state index contributed by atoms with van der Waals surface area (Å²) in [6.07, 6.45) is 2.98. The zero-order valence-electron chi connectivity index (χ0n) is 7.26. The van der Waals surface area contributed by atoms with Gasteiger partial charge in [-0.1, -0.05) is 18.6 Å². The van der Waals surface area contributed by atoms with Gasteiger partial charge < -0.3 is 4.74 Å². The molecule has 0 amide bonds. The van der Waals surface area contributed by atoms with Gasteiger partial charge in [-0.2, -0.15) is 0 Å². The second-order valence-corrected chi connectivity index (χ2v) is 2.99. The minimum Gasteiger partial charge on any atom is -0.469 e. The highest BCUT2D eigenvalue weighted by molar-refractivity contribution is 5.75. The van der Waals surface area contributed by atoms with Crippen LogP contribution in [-0.2, 0) is 9.53 Å². The molecule has 0 N–H and O–H groups in total. The normalized spacial score (nSPS) is 33.2. The van der Waals surface area contributed by atoms with Crippen molar-refractivity contribution in [2.24, 2.45) is 11.8 Å². The second-order valence-electron chi connectivity index (χ2n) is 2.99. The van der Waals surface area contributed by atoms with E-state index in [-0.39, 0.29) is 11.9 Å². The molecular weight excluding hydrogens is 140 g/mol. The number of allylic oxidation sites excluding steroid dienone is 2. The summed E-state index contributed by atoms with van der Waals surface area (Å²) in [5.41, 5.74) is 1.38. The number of esters is 1. The summed E-state index contributed by atoms with van der Waals surface area (Å²) in [6.45, 7) is 4.08. The molecule has 11 heavy (non-hydrogen) atoms. The van der Waals surface area contributed by atoms with Crippen LogP contribution in [0, 0.1) is 11.8 Å². The number of methoxy groups -OCH3 is 1. The van der Waals surface area contributed by atoms with Crippen molar-refractivity contribution < 1.29 is 9.53 Å². The van der Waals surface area contributed by atoms with Gasteiger partial charge in [-0.25, -0.2) is 0 Å². The van der Waals surface area contributed by atoms with Gasteiger partial charge >= 0.3 is 5.97 Å². The van der Waals surface area contributed by atoms with Gasteiger partial charge in [0.15, 0.2) is 0 Å². The van der Waals surface area contributed by atoms with Crippen molar-refractivity contribution in [3.05, 3.63) is 11.6 Å². The Morgan fingerprint density at radius 1 is 1.73 bits per heavy atom. The highest BCUT2D eigenvalue weighted by Crippen LogP contribution is 2.39. The van der Waals surface area contributed by atoms with Gasteiger partial charge in [0.2, 0.25) is 0 Å². The fourth-order valence-corrected chi connectivity index (χ4v) is 1.53. The van der Waals surface area contributed by atoms with Crippen molar-refractivity contribution in [1.82, 2.24) is 0 Å². The lowest BCUT2D eigenvalue weighted by molar-refractivity contribution is -0.148. The highest BCUT2D eigenvalue weighted by atomic mass is 16.5. The van der Waals surface area contributed by atoms with Gasteiger partial charge in [-0.05, 0) is 19.3 Å². The first-order valence-electron chi connectivity index (χ1n) is 3.93. The third kappa shape index (κ3) is 1.30. The Hall–Kier alpha value is -0.790. The molecule has 1 saturated carbocycles. The van der Waals surface area contributed by atoms with Crippen LogP contribution < -0.4 is 0 Å². The Morgan fingerprint density at radius 2 is 2.36 bits per heavy atom. The van der Waals surface area contributed by atoms with Gasteiger partial charge in [0.25, 0.3) is 0 Å². The maximum atomic E-state index is 11.0. The Balaban J connectivity index is 2.51. The molecule has 1 fully saturated rings. The molecule has 2 nitrogen and oxygen atoms in total. The number of carbonyl (C=O) groups excluding carboxylic acids is 1. The standard InChI is InChI=1S/C9H14O2/c1-4-7-5-8(6(7)2)9(10)11-3/h4,6,8H,5H2,1-3H3/b7-4-/t6-,8-/m1/s1. The molecule has 2 heteroatoms. The van der Waals surface area contributed by atoms with Crippen molar-refractivity contribution in [2.45, 2.75) is 20.3 Å². The lowest BCUT2D eigenvalue weighted by atomic mass is 9.70. The molecule has 0 radical (unpaired) electrons. The zero-order chi connectivity index (χ0) is 8.43. The molecular formula is C9H14O2. The molecule has 1 rings (SSSR count). The van der Waals surface area contributed by atoms with Crippen LogP contribution in [-0.4, -0.2) is 13.1 Å². The van der Waals surface area contributed by atoms with Crippen molar-refractivity contribution >= 4 is 5.97 Å². The number of ether oxygens (including phenoxy) is 1. The van der Waals surface area contributed by atoms with Crippen LogP contribution in [0.15, 0.2) is 11.6 Å². The van der Waals surface area contributed by atoms with E-state index in [0.29, 0.717) is 5.92 Å². The molecule has 62 valence electrons. The van der Waals surface area contributed by atoms with Crippen LogP contribution in [0.4, 0.5) is 0 Å². The monoisotopic (exact) mass is 154 g/mol. The molecule has 0 spiro atoms. The fourth-order valence-electron chi connectivity index (χ4n) is 1.53. The SMILES string of the molecule is C/C=C1/C[C@@H](C(=O)OC)[C@@H]1C. The molecule has 0 aliphatic heterocycles. The maximum absolute atomic E-state index is 11.0. The predicted octanol–water partition coefficient (Wildman–Crippen LogP) is 1.76. The average Bonchev–Trinajstić information content (AvgIpc) is 2.02. The molecule has 1 aliphatic rings. The largest absolute Gasteiger partial charge is 0.469 e. The van der Waals surface area contributed by atoms with Gasteiger partial charge in [0, 0.05) is 0 Å². The summed E-state index contributed by atoms with van der Waals surface area (Å²) in [4.78, 5) is 11.0. The second kappa shape index (κ2) is 3.07. The van der Waals surface area contributed by atoms with Crippen molar-refractivity contribution in [3.8, 4) is 0 Å². The summed E-state index contributed by atoms with van der Waals surface area (Å²) < 4.78 is 4.65. The van der Waals surface area contributed by atoms with E-state index in [2.05, 4.69) is 17.7 Å². The zero-order valence-corrected chi connectivity index (χ0v) is 7.26. The smallest absolute Gasteiger partial charge is 0.309 e.